The summed E-state index contributed by atoms with van der Waals surface area (Å²) >= 11 is 0. The lowest BCUT2D eigenvalue weighted by molar-refractivity contribution is -0.131. The summed E-state index contributed by atoms with van der Waals surface area (Å²) in [6, 6.07) is 5.90. The zero-order chi connectivity index (χ0) is 20.5. The number of amides is 2. The molecule has 6 nitrogen and oxygen atoms in total. The van der Waals surface area contributed by atoms with Crippen LogP contribution >= 0.6 is 0 Å². The van der Waals surface area contributed by atoms with Crippen molar-refractivity contribution in [1.29, 1.82) is 0 Å². The average Bonchev–Trinajstić information content (AvgIpc) is 2.66. The zero-order valence-electron chi connectivity index (χ0n) is 17.8. The van der Waals surface area contributed by atoms with Crippen LogP contribution in [-0.4, -0.2) is 73.6 Å². The first-order chi connectivity index (χ1) is 13.4. The van der Waals surface area contributed by atoms with Gasteiger partial charge in [-0.05, 0) is 46.2 Å². The first-order valence-electron chi connectivity index (χ1n) is 10.3. The standard InChI is InChI=1S/C22H35N3O3/c1-17(2)28-13-5-9-25(10-6-21(26)24-11-7-23-8-12-24)22(27)20-15-18(3)14-19(4)16-20/h14-17,23H,5-13H2,1-4H3. The number of hydrogen-bond donors (Lipinski definition) is 1. The van der Waals surface area contributed by atoms with Crippen molar-refractivity contribution in [2.24, 2.45) is 0 Å². The predicted molar refractivity (Wildman–Crippen MR) is 112 cm³/mol. The molecule has 1 heterocycles. The molecule has 1 fully saturated rings. The smallest absolute Gasteiger partial charge is 0.253 e. The number of carbonyl (C=O) groups is 2. The summed E-state index contributed by atoms with van der Waals surface area (Å²) in [5, 5.41) is 3.26. The summed E-state index contributed by atoms with van der Waals surface area (Å²) in [6.07, 6.45) is 1.30. The molecular formula is C22H35N3O3. The molecule has 0 aromatic heterocycles. The van der Waals surface area contributed by atoms with E-state index < -0.39 is 0 Å². The summed E-state index contributed by atoms with van der Waals surface area (Å²) in [7, 11) is 0. The van der Waals surface area contributed by atoms with Crippen molar-refractivity contribution in [3.63, 3.8) is 0 Å². The Morgan fingerprint density at radius 1 is 1.11 bits per heavy atom. The Balaban J connectivity index is 2.00. The third kappa shape index (κ3) is 7.24. The van der Waals surface area contributed by atoms with Gasteiger partial charge in [0.15, 0.2) is 0 Å². The highest BCUT2D eigenvalue weighted by Gasteiger charge is 2.20. The summed E-state index contributed by atoms with van der Waals surface area (Å²) in [6.45, 7) is 12.8. The van der Waals surface area contributed by atoms with Crippen molar-refractivity contribution in [2.75, 3.05) is 45.9 Å². The Bertz CT molecular complexity index is 634. The van der Waals surface area contributed by atoms with Crippen molar-refractivity contribution in [3.8, 4) is 0 Å². The van der Waals surface area contributed by atoms with Gasteiger partial charge in [0.25, 0.3) is 5.91 Å². The maximum Gasteiger partial charge on any atom is 0.253 e. The number of benzene rings is 1. The number of nitrogens with zero attached hydrogens (tertiary/aromatic N) is 2. The molecule has 0 unspecified atom stereocenters. The summed E-state index contributed by atoms with van der Waals surface area (Å²) in [4.78, 5) is 29.3. The summed E-state index contributed by atoms with van der Waals surface area (Å²) in [5.74, 6) is 0.114. The molecule has 2 amide bonds. The highest BCUT2D eigenvalue weighted by Crippen LogP contribution is 2.13. The van der Waals surface area contributed by atoms with Crippen molar-refractivity contribution in [3.05, 3.63) is 34.9 Å². The third-order valence-corrected chi connectivity index (χ3v) is 4.84. The predicted octanol–water partition coefficient (Wildman–Crippen LogP) is 2.38. The molecule has 1 aromatic rings. The fourth-order valence-electron chi connectivity index (χ4n) is 3.47. The number of piperazine rings is 1. The number of hydrogen-bond acceptors (Lipinski definition) is 4. The van der Waals surface area contributed by atoms with Crippen LogP contribution < -0.4 is 5.32 Å². The van der Waals surface area contributed by atoms with Gasteiger partial charge >= 0.3 is 0 Å². The molecule has 1 N–H and O–H groups in total. The summed E-state index contributed by atoms with van der Waals surface area (Å²) in [5.41, 5.74) is 2.84. The van der Waals surface area contributed by atoms with Crippen molar-refractivity contribution in [2.45, 2.75) is 46.6 Å². The van der Waals surface area contributed by atoms with Crippen LogP contribution in [-0.2, 0) is 9.53 Å². The van der Waals surface area contributed by atoms with Gasteiger partial charge in [-0.25, -0.2) is 0 Å². The Morgan fingerprint density at radius 3 is 2.36 bits per heavy atom. The molecule has 0 radical (unpaired) electrons. The largest absolute Gasteiger partial charge is 0.379 e. The molecular weight excluding hydrogens is 354 g/mol. The lowest BCUT2D eigenvalue weighted by Crippen LogP contribution is -2.47. The highest BCUT2D eigenvalue weighted by molar-refractivity contribution is 5.95. The van der Waals surface area contributed by atoms with Crippen LogP contribution in [0.2, 0.25) is 0 Å². The molecule has 0 saturated carbocycles. The first kappa shape index (κ1) is 22.4. The molecule has 0 aliphatic carbocycles. The van der Waals surface area contributed by atoms with Gasteiger partial charge in [-0.1, -0.05) is 17.2 Å². The van der Waals surface area contributed by atoms with Gasteiger partial charge in [0.05, 0.1) is 6.10 Å². The van der Waals surface area contributed by atoms with Crippen LogP contribution in [0.1, 0.15) is 48.2 Å². The van der Waals surface area contributed by atoms with Gasteiger partial charge in [-0.3, -0.25) is 9.59 Å². The summed E-state index contributed by atoms with van der Waals surface area (Å²) < 4.78 is 5.62. The van der Waals surface area contributed by atoms with Crippen molar-refractivity contribution >= 4 is 11.8 Å². The minimum Gasteiger partial charge on any atom is -0.379 e. The molecule has 1 aliphatic rings. The average molecular weight is 390 g/mol. The molecule has 2 rings (SSSR count). The monoisotopic (exact) mass is 389 g/mol. The maximum atomic E-state index is 13.1. The molecule has 0 bridgehead atoms. The van der Waals surface area contributed by atoms with Crippen LogP contribution in [0.15, 0.2) is 18.2 Å². The molecule has 1 saturated heterocycles. The zero-order valence-corrected chi connectivity index (χ0v) is 17.8. The lowest BCUT2D eigenvalue weighted by atomic mass is 10.1. The molecule has 6 heteroatoms. The quantitative estimate of drug-likeness (QED) is 0.659. The Labute approximate surface area is 169 Å². The molecule has 1 aromatic carbocycles. The number of aryl methyl sites for hydroxylation is 2. The SMILES string of the molecule is Cc1cc(C)cc(C(=O)N(CCCOC(C)C)CCC(=O)N2CCNCC2)c1. The van der Waals surface area contributed by atoms with Crippen molar-refractivity contribution in [1.82, 2.24) is 15.1 Å². The van der Waals surface area contributed by atoms with E-state index >= 15 is 0 Å². The van der Waals surface area contributed by atoms with E-state index in [2.05, 4.69) is 11.4 Å². The third-order valence-electron chi connectivity index (χ3n) is 4.84. The second kappa shape index (κ2) is 11.2. The van der Waals surface area contributed by atoms with Crippen LogP contribution in [0.25, 0.3) is 0 Å². The fourth-order valence-corrected chi connectivity index (χ4v) is 3.47. The maximum absolute atomic E-state index is 13.1. The number of ether oxygens (including phenoxy) is 1. The van der Waals surface area contributed by atoms with Crippen LogP contribution in [0.3, 0.4) is 0 Å². The minimum atomic E-state index is -0.00976. The second-order valence-corrected chi connectivity index (χ2v) is 7.82. The molecule has 0 atom stereocenters. The fraction of sp³-hybridized carbons (Fsp3) is 0.636. The van der Waals surface area contributed by atoms with E-state index in [0.29, 0.717) is 31.7 Å². The van der Waals surface area contributed by atoms with Gasteiger partial charge in [-0.2, -0.15) is 0 Å². The minimum absolute atomic E-state index is 0.00976. The Morgan fingerprint density at radius 2 is 1.75 bits per heavy atom. The number of nitrogens with one attached hydrogen (secondary N) is 1. The van der Waals surface area contributed by atoms with Crippen molar-refractivity contribution < 1.29 is 14.3 Å². The topological polar surface area (TPSA) is 61.9 Å². The van der Waals surface area contributed by atoms with Gasteiger partial charge in [0.1, 0.15) is 0 Å². The van der Waals surface area contributed by atoms with E-state index in [1.54, 1.807) is 4.90 Å². The van der Waals surface area contributed by atoms with Crippen LogP contribution in [0.4, 0.5) is 0 Å². The normalized spacial score (nSPS) is 14.4. The van der Waals surface area contributed by atoms with E-state index in [0.717, 1.165) is 43.7 Å². The highest BCUT2D eigenvalue weighted by atomic mass is 16.5. The second-order valence-electron chi connectivity index (χ2n) is 7.82. The Hall–Kier alpha value is -1.92. The van der Waals surface area contributed by atoms with E-state index in [4.69, 9.17) is 4.74 Å². The van der Waals surface area contributed by atoms with Crippen LogP contribution in [0.5, 0.6) is 0 Å². The molecule has 28 heavy (non-hydrogen) atoms. The van der Waals surface area contributed by atoms with Gasteiger partial charge in [-0.15, -0.1) is 0 Å². The molecule has 0 spiro atoms. The molecule has 156 valence electrons. The first-order valence-corrected chi connectivity index (χ1v) is 10.3. The lowest BCUT2D eigenvalue weighted by Gasteiger charge is -2.29. The van der Waals surface area contributed by atoms with E-state index in [-0.39, 0.29) is 17.9 Å². The van der Waals surface area contributed by atoms with Gasteiger partial charge in [0, 0.05) is 57.9 Å². The van der Waals surface area contributed by atoms with Crippen LogP contribution in [0, 0.1) is 13.8 Å². The Kier molecular flexibility index (Phi) is 8.93. The van der Waals surface area contributed by atoms with Gasteiger partial charge in [0.2, 0.25) is 5.91 Å². The van der Waals surface area contributed by atoms with Gasteiger partial charge < -0.3 is 19.9 Å². The number of rotatable bonds is 9. The molecule has 1 aliphatic heterocycles. The van der Waals surface area contributed by atoms with E-state index in [1.165, 1.54) is 0 Å². The number of carbonyl (C=O) groups excluding carboxylic acids is 2. The van der Waals surface area contributed by atoms with E-state index in [1.807, 2.05) is 44.7 Å². The van der Waals surface area contributed by atoms with E-state index in [9.17, 15) is 9.59 Å².